The lowest BCUT2D eigenvalue weighted by Gasteiger charge is -2.23. The summed E-state index contributed by atoms with van der Waals surface area (Å²) in [4.78, 5) is 14.3. The maximum absolute atomic E-state index is 12.6. The first-order valence-electron chi connectivity index (χ1n) is 7.64. The number of para-hydroxylation sites is 1. The molecule has 4 nitrogen and oxygen atoms in total. The van der Waals surface area contributed by atoms with Gasteiger partial charge in [-0.25, -0.2) is 0 Å². The van der Waals surface area contributed by atoms with Crippen molar-refractivity contribution < 1.29 is 9.53 Å². The minimum atomic E-state index is -0.157. The second-order valence-corrected chi connectivity index (χ2v) is 6.68. The molecule has 24 heavy (non-hydrogen) atoms. The number of carbonyl (C=O) groups is 1. The van der Waals surface area contributed by atoms with Crippen LogP contribution in [0.5, 0.6) is 5.75 Å². The zero-order chi connectivity index (χ0) is 17.5. The molecule has 0 aliphatic rings. The number of nitrogens with zero attached hydrogens (tertiary/aromatic N) is 2. The summed E-state index contributed by atoms with van der Waals surface area (Å²) in [6, 6.07) is 15.6. The first-order chi connectivity index (χ1) is 11.5. The predicted molar refractivity (Wildman–Crippen MR) is 103 cm³/mol. The molecule has 0 saturated heterocycles. The second kappa shape index (κ2) is 8.69. The van der Waals surface area contributed by atoms with E-state index >= 15 is 0 Å². The summed E-state index contributed by atoms with van der Waals surface area (Å²) >= 11 is 2.17. The Hall–Kier alpha value is -2.07. The zero-order valence-corrected chi connectivity index (χ0v) is 15.9. The number of benzene rings is 2. The third kappa shape index (κ3) is 4.96. The summed E-state index contributed by atoms with van der Waals surface area (Å²) in [6.45, 7) is 4.28. The Morgan fingerprint density at radius 3 is 2.50 bits per heavy atom. The van der Waals surface area contributed by atoms with Crippen molar-refractivity contribution in [1.82, 2.24) is 0 Å². The van der Waals surface area contributed by atoms with E-state index in [0.717, 1.165) is 20.4 Å². The van der Waals surface area contributed by atoms with Crippen LogP contribution in [0.2, 0.25) is 0 Å². The topological polar surface area (TPSA) is 53.3 Å². The molecule has 0 N–H and O–H groups in total. The molecule has 0 unspecified atom stereocenters. The number of carbonyl (C=O) groups excluding carboxylic acids is 1. The Labute approximate surface area is 156 Å². The Balaban J connectivity index is 2.16. The first kappa shape index (κ1) is 18.3. The van der Waals surface area contributed by atoms with Crippen molar-refractivity contribution in [3.8, 4) is 11.8 Å². The van der Waals surface area contributed by atoms with E-state index in [9.17, 15) is 4.79 Å². The fourth-order valence-electron chi connectivity index (χ4n) is 2.45. The number of anilines is 1. The molecular weight excluding hydrogens is 415 g/mol. The molecule has 0 aliphatic carbocycles. The monoisotopic (exact) mass is 434 g/mol. The van der Waals surface area contributed by atoms with Gasteiger partial charge in [0.1, 0.15) is 5.75 Å². The molecule has 2 aromatic carbocycles. The molecule has 0 radical (unpaired) electrons. The molecule has 0 aliphatic heterocycles. The standard InChI is InChI=1S/C19H19IN2O2/c1-14-10-15(2)12-16(11-14)22(9-5-8-21)19(23)13-24-18-7-4-3-6-17(18)20/h3-4,6-7,10-12H,5,9,13H2,1-2H3. The quantitative estimate of drug-likeness (QED) is 0.640. The molecule has 0 atom stereocenters. The van der Waals surface area contributed by atoms with Gasteiger partial charge in [0.15, 0.2) is 6.61 Å². The van der Waals surface area contributed by atoms with Crippen LogP contribution in [-0.2, 0) is 4.79 Å². The van der Waals surface area contributed by atoms with Gasteiger partial charge in [-0.3, -0.25) is 4.79 Å². The van der Waals surface area contributed by atoms with Crippen molar-refractivity contribution in [2.45, 2.75) is 20.3 Å². The first-order valence-corrected chi connectivity index (χ1v) is 8.72. The van der Waals surface area contributed by atoms with Crippen molar-refractivity contribution in [2.24, 2.45) is 0 Å². The molecule has 5 heteroatoms. The maximum atomic E-state index is 12.6. The van der Waals surface area contributed by atoms with E-state index in [1.54, 1.807) is 4.90 Å². The van der Waals surface area contributed by atoms with E-state index in [4.69, 9.17) is 10.00 Å². The highest BCUT2D eigenvalue weighted by molar-refractivity contribution is 14.1. The number of nitriles is 1. The van der Waals surface area contributed by atoms with E-state index < -0.39 is 0 Å². The summed E-state index contributed by atoms with van der Waals surface area (Å²) in [5, 5.41) is 8.88. The van der Waals surface area contributed by atoms with Gasteiger partial charge in [0, 0.05) is 12.2 Å². The molecule has 0 bridgehead atoms. The lowest BCUT2D eigenvalue weighted by molar-refractivity contribution is -0.120. The van der Waals surface area contributed by atoms with Gasteiger partial charge in [0.25, 0.3) is 5.91 Å². The van der Waals surface area contributed by atoms with Gasteiger partial charge in [-0.2, -0.15) is 5.26 Å². The average Bonchev–Trinajstić information content (AvgIpc) is 2.53. The van der Waals surface area contributed by atoms with Crippen LogP contribution >= 0.6 is 22.6 Å². The molecule has 0 aromatic heterocycles. The maximum Gasteiger partial charge on any atom is 0.264 e. The number of ether oxygens (including phenoxy) is 1. The molecule has 0 fully saturated rings. The number of halogens is 1. The third-order valence-electron chi connectivity index (χ3n) is 3.45. The van der Waals surface area contributed by atoms with E-state index in [-0.39, 0.29) is 18.9 Å². The lowest BCUT2D eigenvalue weighted by Crippen LogP contribution is -2.36. The van der Waals surface area contributed by atoms with E-state index in [1.165, 1.54) is 0 Å². The molecule has 1 amide bonds. The Bertz CT molecular complexity index is 748. The van der Waals surface area contributed by atoms with Crippen LogP contribution < -0.4 is 9.64 Å². The molecule has 0 saturated carbocycles. The van der Waals surface area contributed by atoms with Crippen LogP contribution in [-0.4, -0.2) is 19.1 Å². The zero-order valence-electron chi connectivity index (χ0n) is 13.8. The summed E-state index contributed by atoms with van der Waals surface area (Å²) in [5.41, 5.74) is 2.97. The number of hydrogen-bond acceptors (Lipinski definition) is 3. The highest BCUT2D eigenvalue weighted by Crippen LogP contribution is 2.22. The third-order valence-corrected chi connectivity index (χ3v) is 4.35. The van der Waals surface area contributed by atoms with E-state index in [1.807, 2.05) is 50.2 Å². The number of aryl methyl sites for hydroxylation is 2. The van der Waals surface area contributed by atoms with Crippen molar-refractivity contribution >= 4 is 34.2 Å². The number of hydrogen-bond donors (Lipinski definition) is 0. The number of rotatable bonds is 6. The van der Waals surface area contributed by atoms with Gasteiger partial charge in [-0.05, 0) is 71.8 Å². The lowest BCUT2D eigenvalue weighted by atomic mass is 10.1. The highest BCUT2D eigenvalue weighted by atomic mass is 127. The van der Waals surface area contributed by atoms with E-state index in [2.05, 4.69) is 34.7 Å². The highest BCUT2D eigenvalue weighted by Gasteiger charge is 2.17. The van der Waals surface area contributed by atoms with Gasteiger partial charge in [0.2, 0.25) is 0 Å². The van der Waals surface area contributed by atoms with Gasteiger partial charge in [-0.15, -0.1) is 0 Å². The SMILES string of the molecule is Cc1cc(C)cc(N(CCC#N)C(=O)COc2ccccc2I)c1. The van der Waals surface area contributed by atoms with Crippen LogP contribution in [0.25, 0.3) is 0 Å². The summed E-state index contributed by atoms with van der Waals surface area (Å²) < 4.78 is 6.62. The van der Waals surface area contributed by atoms with Crippen LogP contribution in [0.15, 0.2) is 42.5 Å². The van der Waals surface area contributed by atoms with Crippen molar-refractivity contribution in [3.63, 3.8) is 0 Å². The Kier molecular flexibility index (Phi) is 6.62. The van der Waals surface area contributed by atoms with Gasteiger partial charge in [0.05, 0.1) is 16.1 Å². The normalized spacial score (nSPS) is 10.1. The molecular formula is C19H19IN2O2. The van der Waals surface area contributed by atoms with Crippen molar-refractivity contribution in [1.29, 1.82) is 5.26 Å². The fourth-order valence-corrected chi connectivity index (χ4v) is 2.99. The fraction of sp³-hybridized carbons (Fsp3) is 0.263. The van der Waals surface area contributed by atoms with Crippen LogP contribution in [0.3, 0.4) is 0 Å². The van der Waals surface area contributed by atoms with Crippen molar-refractivity contribution in [2.75, 3.05) is 18.1 Å². The molecule has 2 rings (SSSR count). The van der Waals surface area contributed by atoms with Gasteiger partial charge >= 0.3 is 0 Å². The van der Waals surface area contributed by atoms with Gasteiger partial charge < -0.3 is 9.64 Å². The summed E-state index contributed by atoms with van der Waals surface area (Å²) in [6.07, 6.45) is 0.279. The minimum Gasteiger partial charge on any atom is -0.483 e. The van der Waals surface area contributed by atoms with Gasteiger partial charge in [-0.1, -0.05) is 18.2 Å². The van der Waals surface area contributed by atoms with Crippen LogP contribution in [0.4, 0.5) is 5.69 Å². The predicted octanol–water partition coefficient (Wildman–Crippen LogP) is 4.23. The molecule has 2 aromatic rings. The summed E-state index contributed by atoms with van der Waals surface area (Å²) in [7, 11) is 0. The largest absolute Gasteiger partial charge is 0.483 e. The number of amides is 1. The average molecular weight is 434 g/mol. The van der Waals surface area contributed by atoms with Crippen LogP contribution in [0.1, 0.15) is 17.5 Å². The van der Waals surface area contributed by atoms with Crippen LogP contribution in [0, 0.1) is 28.7 Å². The second-order valence-electron chi connectivity index (χ2n) is 5.52. The van der Waals surface area contributed by atoms with E-state index in [0.29, 0.717) is 12.3 Å². The Morgan fingerprint density at radius 2 is 1.88 bits per heavy atom. The molecule has 0 spiro atoms. The smallest absolute Gasteiger partial charge is 0.264 e. The summed E-state index contributed by atoms with van der Waals surface area (Å²) in [5.74, 6) is 0.530. The molecule has 0 heterocycles. The van der Waals surface area contributed by atoms with Crippen molar-refractivity contribution in [3.05, 3.63) is 57.2 Å². The minimum absolute atomic E-state index is 0.0571. The molecule has 124 valence electrons. The Morgan fingerprint density at radius 1 is 1.21 bits per heavy atom.